The third-order valence-corrected chi connectivity index (χ3v) is 3.67. The average Bonchev–Trinajstić information content (AvgIpc) is 2.73. The zero-order valence-corrected chi connectivity index (χ0v) is 12.4. The Morgan fingerprint density at radius 3 is 2.62 bits per heavy atom. The van der Waals surface area contributed by atoms with Gasteiger partial charge in [-0.05, 0) is 30.3 Å². The van der Waals surface area contributed by atoms with Gasteiger partial charge in [0.2, 0.25) is 0 Å². The molecule has 0 fully saturated rings. The van der Waals surface area contributed by atoms with Crippen LogP contribution in [0, 0.1) is 0 Å². The molecule has 0 radical (unpaired) electrons. The van der Waals surface area contributed by atoms with E-state index in [0.29, 0.717) is 23.9 Å². The molecule has 0 aliphatic heterocycles. The van der Waals surface area contributed by atoms with Crippen LogP contribution in [0.25, 0.3) is 11.0 Å². The first kappa shape index (κ1) is 13.8. The van der Waals surface area contributed by atoms with Gasteiger partial charge in [-0.2, -0.15) is 0 Å². The quantitative estimate of drug-likeness (QED) is 0.742. The van der Waals surface area contributed by atoms with Crippen LogP contribution in [0.1, 0.15) is 0 Å². The normalized spacial score (nSPS) is 11.0. The molecule has 0 atom stereocenters. The van der Waals surface area contributed by atoms with E-state index < -0.39 is 0 Å². The van der Waals surface area contributed by atoms with Crippen molar-refractivity contribution < 1.29 is 4.74 Å². The number of imidazole rings is 1. The summed E-state index contributed by atoms with van der Waals surface area (Å²) in [6.07, 6.45) is 0. The fraction of sp³-hybridized carbons (Fsp3) is 0.188. The number of ether oxygens (including phenoxy) is 1. The Morgan fingerprint density at radius 2 is 1.86 bits per heavy atom. The topological polar surface area (TPSA) is 36.2 Å². The predicted octanol–water partition coefficient (Wildman–Crippen LogP) is 3.07. The lowest BCUT2D eigenvalue weighted by molar-refractivity contribution is 0.298. The van der Waals surface area contributed by atoms with Crippen molar-refractivity contribution >= 4 is 22.6 Å². The summed E-state index contributed by atoms with van der Waals surface area (Å²) in [7, 11) is 1.78. The number of hydrogen-bond acceptors (Lipinski definition) is 2. The van der Waals surface area contributed by atoms with Gasteiger partial charge in [0, 0.05) is 12.1 Å². The first-order chi connectivity index (χ1) is 10.2. The number of nitrogens with zero attached hydrogens (tertiary/aromatic N) is 2. The maximum absolute atomic E-state index is 12.2. The summed E-state index contributed by atoms with van der Waals surface area (Å²) in [6.45, 7) is 0.904. The van der Waals surface area contributed by atoms with Crippen molar-refractivity contribution in [3.05, 3.63) is 64.0 Å². The van der Waals surface area contributed by atoms with Gasteiger partial charge in [-0.3, -0.25) is 9.13 Å². The second kappa shape index (κ2) is 5.66. The van der Waals surface area contributed by atoms with Crippen molar-refractivity contribution in [2.24, 2.45) is 7.05 Å². The Balaban J connectivity index is 1.80. The molecule has 0 unspecified atom stereocenters. The molecule has 0 aliphatic rings. The predicted molar refractivity (Wildman–Crippen MR) is 84.1 cm³/mol. The van der Waals surface area contributed by atoms with Crippen molar-refractivity contribution in [2.75, 3.05) is 6.61 Å². The number of halogens is 1. The second-order valence-corrected chi connectivity index (χ2v) is 5.22. The number of aryl methyl sites for hydroxylation is 1. The van der Waals surface area contributed by atoms with Crippen LogP contribution in [-0.2, 0) is 13.6 Å². The summed E-state index contributed by atoms with van der Waals surface area (Å²) in [5.41, 5.74) is 1.80. The summed E-state index contributed by atoms with van der Waals surface area (Å²) in [5.74, 6) is 0.704. The lowest BCUT2D eigenvalue weighted by Crippen LogP contribution is -2.24. The minimum atomic E-state index is -0.0362. The molecule has 0 saturated carbocycles. The smallest absolute Gasteiger partial charge is 0.328 e. The van der Waals surface area contributed by atoms with E-state index in [9.17, 15) is 4.79 Å². The van der Waals surface area contributed by atoms with Crippen LogP contribution in [0.15, 0.2) is 53.3 Å². The summed E-state index contributed by atoms with van der Waals surface area (Å²) in [6, 6.07) is 15.0. The summed E-state index contributed by atoms with van der Waals surface area (Å²) >= 11 is 5.91. The summed E-state index contributed by atoms with van der Waals surface area (Å²) < 4.78 is 9.02. The van der Waals surface area contributed by atoms with E-state index >= 15 is 0 Å². The van der Waals surface area contributed by atoms with E-state index in [4.69, 9.17) is 16.3 Å². The Hall–Kier alpha value is -2.20. The highest BCUT2D eigenvalue weighted by Gasteiger charge is 2.09. The third kappa shape index (κ3) is 2.67. The van der Waals surface area contributed by atoms with E-state index in [-0.39, 0.29) is 5.69 Å². The molecule has 5 heteroatoms. The Bertz CT molecular complexity index is 836. The molecule has 0 aliphatic carbocycles. The highest BCUT2D eigenvalue weighted by Crippen LogP contribution is 2.17. The number of para-hydroxylation sites is 2. The monoisotopic (exact) mass is 302 g/mol. The molecule has 0 N–H and O–H groups in total. The summed E-state index contributed by atoms with van der Waals surface area (Å²) in [5, 5.41) is 0.634. The molecule has 1 aromatic heterocycles. The van der Waals surface area contributed by atoms with Gasteiger partial charge in [0.15, 0.2) is 0 Å². The van der Waals surface area contributed by atoms with Crippen LogP contribution in [0.2, 0.25) is 5.02 Å². The number of aromatic nitrogens is 2. The van der Waals surface area contributed by atoms with Gasteiger partial charge in [-0.25, -0.2) is 4.79 Å². The second-order valence-electron chi connectivity index (χ2n) is 4.79. The number of hydrogen-bond donors (Lipinski definition) is 0. The summed E-state index contributed by atoms with van der Waals surface area (Å²) in [4.78, 5) is 12.2. The molecule has 0 spiro atoms. The number of benzene rings is 2. The van der Waals surface area contributed by atoms with Gasteiger partial charge in [0.1, 0.15) is 12.4 Å². The van der Waals surface area contributed by atoms with Crippen LogP contribution >= 0.6 is 11.6 Å². The van der Waals surface area contributed by atoms with Crippen LogP contribution in [0.5, 0.6) is 5.75 Å². The Morgan fingerprint density at radius 1 is 1.10 bits per heavy atom. The highest BCUT2D eigenvalue weighted by atomic mass is 35.5. The van der Waals surface area contributed by atoms with Gasteiger partial charge in [-0.15, -0.1) is 0 Å². The van der Waals surface area contributed by atoms with Crippen molar-refractivity contribution in [2.45, 2.75) is 6.54 Å². The third-order valence-electron chi connectivity index (χ3n) is 3.43. The molecule has 108 valence electrons. The van der Waals surface area contributed by atoms with Crippen LogP contribution < -0.4 is 10.4 Å². The molecule has 0 bridgehead atoms. The molecule has 0 saturated heterocycles. The molecular formula is C16H15ClN2O2. The van der Waals surface area contributed by atoms with E-state index in [2.05, 4.69) is 0 Å². The molecule has 4 nitrogen and oxygen atoms in total. The lowest BCUT2D eigenvalue weighted by Gasteiger charge is -2.07. The van der Waals surface area contributed by atoms with Gasteiger partial charge in [0.05, 0.1) is 17.6 Å². The van der Waals surface area contributed by atoms with E-state index in [1.807, 2.05) is 36.4 Å². The molecule has 3 aromatic rings. The van der Waals surface area contributed by atoms with Crippen molar-refractivity contribution in [1.29, 1.82) is 0 Å². The van der Waals surface area contributed by atoms with Crippen LogP contribution in [0.4, 0.5) is 0 Å². The van der Waals surface area contributed by atoms with Crippen molar-refractivity contribution in [3.8, 4) is 5.75 Å². The molecule has 1 heterocycles. The molecule has 21 heavy (non-hydrogen) atoms. The lowest BCUT2D eigenvalue weighted by atomic mass is 10.3. The van der Waals surface area contributed by atoms with E-state index in [0.717, 1.165) is 11.0 Å². The zero-order valence-electron chi connectivity index (χ0n) is 11.6. The van der Waals surface area contributed by atoms with E-state index in [1.54, 1.807) is 28.3 Å². The maximum atomic E-state index is 12.2. The van der Waals surface area contributed by atoms with Gasteiger partial charge < -0.3 is 4.74 Å². The first-order valence-electron chi connectivity index (χ1n) is 6.69. The van der Waals surface area contributed by atoms with Crippen LogP contribution in [-0.4, -0.2) is 15.7 Å². The Kier molecular flexibility index (Phi) is 3.71. The first-order valence-corrected chi connectivity index (χ1v) is 7.07. The molecular weight excluding hydrogens is 288 g/mol. The van der Waals surface area contributed by atoms with Crippen LogP contribution in [0.3, 0.4) is 0 Å². The molecule has 0 amide bonds. The maximum Gasteiger partial charge on any atom is 0.328 e. The van der Waals surface area contributed by atoms with Crippen molar-refractivity contribution in [3.63, 3.8) is 0 Å². The SMILES string of the molecule is Cn1c(=O)n(CCOc2cccc(Cl)c2)c2ccccc21. The largest absolute Gasteiger partial charge is 0.492 e. The minimum absolute atomic E-state index is 0.0362. The fourth-order valence-electron chi connectivity index (χ4n) is 2.39. The number of fused-ring (bicyclic) bond motifs is 1. The van der Waals surface area contributed by atoms with Gasteiger partial charge in [-0.1, -0.05) is 29.8 Å². The zero-order chi connectivity index (χ0) is 14.8. The fourth-order valence-corrected chi connectivity index (χ4v) is 2.57. The molecule has 2 aromatic carbocycles. The highest BCUT2D eigenvalue weighted by molar-refractivity contribution is 6.30. The number of rotatable bonds is 4. The average molecular weight is 303 g/mol. The van der Waals surface area contributed by atoms with E-state index in [1.165, 1.54) is 0 Å². The minimum Gasteiger partial charge on any atom is -0.492 e. The Labute approximate surface area is 127 Å². The van der Waals surface area contributed by atoms with Gasteiger partial charge >= 0.3 is 5.69 Å². The van der Waals surface area contributed by atoms with Crippen molar-refractivity contribution in [1.82, 2.24) is 9.13 Å². The van der Waals surface area contributed by atoms with Gasteiger partial charge in [0.25, 0.3) is 0 Å². The standard InChI is InChI=1S/C16H15ClN2O2/c1-18-14-7-2-3-8-15(14)19(16(18)20)9-10-21-13-6-4-5-12(17)11-13/h2-8,11H,9-10H2,1H3. The molecule has 3 rings (SSSR count).